The van der Waals surface area contributed by atoms with E-state index in [0.717, 1.165) is 38.9 Å². The summed E-state index contributed by atoms with van der Waals surface area (Å²) in [6.45, 7) is 7.34. The van der Waals surface area contributed by atoms with Crippen molar-refractivity contribution in [3.63, 3.8) is 0 Å². The molecule has 0 bridgehead atoms. The maximum atomic E-state index is 5.98. The van der Waals surface area contributed by atoms with Gasteiger partial charge in [-0.2, -0.15) is 0 Å². The van der Waals surface area contributed by atoms with Crippen LogP contribution in [0.15, 0.2) is 12.2 Å². The third-order valence-corrected chi connectivity index (χ3v) is 3.92. The normalized spacial score (nSPS) is 33.4. The molecule has 0 aromatic carbocycles. The highest BCUT2D eigenvalue weighted by Crippen LogP contribution is 2.53. The molecule has 0 radical (unpaired) electrons. The van der Waals surface area contributed by atoms with Crippen molar-refractivity contribution in [3.05, 3.63) is 12.2 Å². The maximum Gasteiger partial charge on any atom is 0.122 e. The van der Waals surface area contributed by atoms with Crippen molar-refractivity contribution in [2.75, 3.05) is 19.6 Å². The molecule has 1 nitrogen and oxygen atoms in total. The lowest BCUT2D eigenvalue weighted by Gasteiger charge is -2.27. The topological polar surface area (TPSA) is 3.24 Å². The molecule has 0 aromatic rings. The Morgan fingerprint density at radius 1 is 1.38 bits per heavy atom. The van der Waals surface area contributed by atoms with Gasteiger partial charge in [0.05, 0.1) is 0 Å². The van der Waals surface area contributed by atoms with E-state index in [4.69, 9.17) is 23.2 Å². The fourth-order valence-corrected chi connectivity index (χ4v) is 2.34. The number of alkyl halides is 2. The van der Waals surface area contributed by atoms with E-state index in [1.807, 2.05) is 0 Å². The maximum absolute atomic E-state index is 5.98. The summed E-state index contributed by atoms with van der Waals surface area (Å²) < 4.78 is -0.408. The van der Waals surface area contributed by atoms with Crippen molar-refractivity contribution in [2.24, 2.45) is 5.92 Å². The molecule has 0 aromatic heterocycles. The Balaban J connectivity index is 1.75. The summed E-state index contributed by atoms with van der Waals surface area (Å²) in [5.74, 6) is 0.502. The minimum absolute atomic E-state index is 0.408. The smallest absolute Gasteiger partial charge is 0.122 e. The SMILES string of the molecule is C=C1CCN(CC2CC2(Cl)Cl)CC1. The molecular formula is C10H15Cl2N. The zero-order chi connectivity index (χ0) is 9.47. The van der Waals surface area contributed by atoms with Gasteiger partial charge in [-0.1, -0.05) is 12.2 Å². The number of hydrogen-bond acceptors (Lipinski definition) is 1. The molecule has 0 spiro atoms. The fraction of sp³-hybridized carbons (Fsp3) is 0.800. The first kappa shape index (κ1) is 9.82. The lowest BCUT2D eigenvalue weighted by Crippen LogP contribution is -2.33. The summed E-state index contributed by atoms with van der Waals surface area (Å²) in [4.78, 5) is 2.45. The number of piperidine rings is 1. The molecule has 2 rings (SSSR count). The van der Waals surface area contributed by atoms with Crippen LogP contribution >= 0.6 is 23.2 Å². The number of likely N-dealkylation sites (tertiary alicyclic amines) is 1. The second kappa shape index (κ2) is 3.45. The Kier molecular flexibility index (Phi) is 2.61. The van der Waals surface area contributed by atoms with Gasteiger partial charge in [0.15, 0.2) is 0 Å². The van der Waals surface area contributed by atoms with E-state index < -0.39 is 4.33 Å². The van der Waals surface area contributed by atoms with Crippen LogP contribution in [0.3, 0.4) is 0 Å². The highest BCUT2D eigenvalue weighted by atomic mass is 35.5. The summed E-state index contributed by atoms with van der Waals surface area (Å²) in [6.07, 6.45) is 3.25. The standard InChI is InChI=1S/C10H15Cl2N/c1-8-2-4-13(5-3-8)7-9-6-10(9,11)12/h9H,1-7H2. The van der Waals surface area contributed by atoms with E-state index in [2.05, 4.69) is 11.5 Å². The van der Waals surface area contributed by atoms with Gasteiger partial charge in [0.2, 0.25) is 0 Å². The summed E-state index contributed by atoms with van der Waals surface area (Å²) >= 11 is 12.0. The minimum Gasteiger partial charge on any atom is -0.302 e. The minimum atomic E-state index is -0.408. The molecule has 13 heavy (non-hydrogen) atoms. The lowest BCUT2D eigenvalue weighted by atomic mass is 10.1. The molecule has 3 heteroatoms. The first-order chi connectivity index (χ1) is 6.08. The molecule has 1 saturated heterocycles. The first-order valence-electron chi connectivity index (χ1n) is 4.85. The number of halogens is 2. The fourth-order valence-electron chi connectivity index (χ4n) is 1.83. The van der Waals surface area contributed by atoms with Crippen LogP contribution < -0.4 is 0 Å². The van der Waals surface area contributed by atoms with Crippen molar-refractivity contribution in [1.29, 1.82) is 0 Å². The van der Waals surface area contributed by atoms with E-state index in [1.165, 1.54) is 5.57 Å². The molecule has 1 unspecified atom stereocenters. The van der Waals surface area contributed by atoms with E-state index >= 15 is 0 Å². The summed E-state index contributed by atoms with van der Waals surface area (Å²) in [5, 5.41) is 0. The Morgan fingerprint density at radius 3 is 2.38 bits per heavy atom. The predicted molar refractivity (Wildman–Crippen MR) is 57.4 cm³/mol. The monoisotopic (exact) mass is 219 g/mol. The molecule has 0 N–H and O–H groups in total. The quantitative estimate of drug-likeness (QED) is 0.511. The Morgan fingerprint density at radius 2 is 1.92 bits per heavy atom. The van der Waals surface area contributed by atoms with Crippen LogP contribution in [-0.4, -0.2) is 28.9 Å². The molecule has 2 fully saturated rings. The molecule has 1 atom stereocenters. The van der Waals surface area contributed by atoms with Gasteiger partial charge in [-0.05, 0) is 19.3 Å². The summed E-state index contributed by atoms with van der Waals surface area (Å²) in [6, 6.07) is 0. The third kappa shape index (κ3) is 2.39. The van der Waals surface area contributed by atoms with Crippen molar-refractivity contribution >= 4 is 23.2 Å². The largest absolute Gasteiger partial charge is 0.302 e. The van der Waals surface area contributed by atoms with E-state index in [9.17, 15) is 0 Å². The van der Waals surface area contributed by atoms with Crippen LogP contribution in [0.5, 0.6) is 0 Å². The third-order valence-electron chi connectivity index (χ3n) is 3.00. The summed E-state index contributed by atoms with van der Waals surface area (Å²) in [5.41, 5.74) is 1.38. The first-order valence-corrected chi connectivity index (χ1v) is 5.60. The molecule has 1 aliphatic carbocycles. The van der Waals surface area contributed by atoms with E-state index in [0.29, 0.717) is 5.92 Å². The average molecular weight is 220 g/mol. The molecule has 1 heterocycles. The number of hydrogen-bond donors (Lipinski definition) is 0. The van der Waals surface area contributed by atoms with Gasteiger partial charge >= 0.3 is 0 Å². The van der Waals surface area contributed by atoms with Crippen molar-refractivity contribution < 1.29 is 0 Å². The lowest BCUT2D eigenvalue weighted by molar-refractivity contribution is 0.246. The second-order valence-corrected chi connectivity index (χ2v) is 5.76. The predicted octanol–water partition coefficient (Wildman–Crippen LogP) is 2.83. The summed E-state index contributed by atoms with van der Waals surface area (Å²) in [7, 11) is 0. The van der Waals surface area contributed by atoms with Gasteiger partial charge < -0.3 is 4.90 Å². The van der Waals surface area contributed by atoms with E-state index in [1.54, 1.807) is 0 Å². The highest BCUT2D eigenvalue weighted by Gasteiger charge is 2.51. The zero-order valence-corrected chi connectivity index (χ0v) is 9.24. The van der Waals surface area contributed by atoms with Crippen LogP contribution in [0.4, 0.5) is 0 Å². The average Bonchev–Trinajstić information content (AvgIpc) is 2.64. The van der Waals surface area contributed by atoms with Crippen LogP contribution in [0.2, 0.25) is 0 Å². The highest BCUT2D eigenvalue weighted by molar-refractivity contribution is 6.50. The Hall–Kier alpha value is 0.280. The second-order valence-electron chi connectivity index (χ2n) is 4.21. The molecule has 1 saturated carbocycles. The molecular weight excluding hydrogens is 205 g/mol. The van der Waals surface area contributed by atoms with Crippen LogP contribution in [0, 0.1) is 5.92 Å². The zero-order valence-electron chi connectivity index (χ0n) is 7.73. The molecule has 1 aliphatic heterocycles. The van der Waals surface area contributed by atoms with Gasteiger partial charge in [-0.3, -0.25) is 0 Å². The van der Waals surface area contributed by atoms with Gasteiger partial charge in [0, 0.05) is 25.6 Å². The van der Waals surface area contributed by atoms with Gasteiger partial charge in [-0.25, -0.2) is 0 Å². The molecule has 74 valence electrons. The van der Waals surface area contributed by atoms with Crippen LogP contribution in [-0.2, 0) is 0 Å². The van der Waals surface area contributed by atoms with Crippen molar-refractivity contribution in [2.45, 2.75) is 23.6 Å². The van der Waals surface area contributed by atoms with Gasteiger partial charge in [0.1, 0.15) is 4.33 Å². The van der Waals surface area contributed by atoms with Gasteiger partial charge in [0.25, 0.3) is 0 Å². The van der Waals surface area contributed by atoms with Crippen molar-refractivity contribution in [3.8, 4) is 0 Å². The molecule has 0 amide bonds. The van der Waals surface area contributed by atoms with Crippen LogP contribution in [0.25, 0.3) is 0 Å². The van der Waals surface area contributed by atoms with E-state index in [-0.39, 0.29) is 0 Å². The van der Waals surface area contributed by atoms with Crippen LogP contribution in [0.1, 0.15) is 19.3 Å². The Labute approximate surface area is 89.7 Å². The Bertz CT molecular complexity index is 215. The van der Waals surface area contributed by atoms with Crippen molar-refractivity contribution in [1.82, 2.24) is 4.90 Å². The number of nitrogens with zero attached hydrogens (tertiary/aromatic N) is 1. The number of rotatable bonds is 2. The molecule has 2 aliphatic rings. The van der Waals surface area contributed by atoms with Gasteiger partial charge in [-0.15, -0.1) is 23.2 Å².